The molecule has 0 bridgehead atoms. The summed E-state index contributed by atoms with van der Waals surface area (Å²) in [7, 11) is -7.72. The lowest BCUT2D eigenvalue weighted by Gasteiger charge is -2.33. The number of rotatable bonds is 6. The van der Waals surface area contributed by atoms with Crippen molar-refractivity contribution >= 4 is 43.2 Å². The number of sulfonamides is 2. The second-order valence-electron chi connectivity index (χ2n) is 7.38. The quantitative estimate of drug-likeness (QED) is 0.649. The molecule has 0 radical (unpaired) electrons. The zero-order chi connectivity index (χ0) is 23.1. The van der Waals surface area contributed by atoms with Crippen molar-refractivity contribution in [2.45, 2.75) is 23.1 Å². The van der Waals surface area contributed by atoms with Crippen LogP contribution in [0.5, 0.6) is 5.75 Å². The molecule has 2 aromatic rings. The Balaban J connectivity index is 1.50. The van der Waals surface area contributed by atoms with Crippen molar-refractivity contribution in [1.82, 2.24) is 8.61 Å². The second-order valence-corrected chi connectivity index (χ2v) is 11.6. The van der Waals surface area contributed by atoms with Gasteiger partial charge < -0.3 is 10.1 Å². The Kier molecular flexibility index (Phi) is 6.21. The Morgan fingerprint density at radius 3 is 2.16 bits per heavy atom. The average molecular weight is 500 g/mol. The molecular formula is C20H22ClN3O6S2. The lowest BCUT2D eigenvalue weighted by molar-refractivity contribution is -0.115. The highest BCUT2D eigenvalue weighted by Gasteiger charge is 2.35. The predicted octanol–water partition coefficient (Wildman–Crippen LogP) is 1.93. The molecule has 1 saturated heterocycles. The maximum atomic E-state index is 13.2. The number of hydrogen-bond acceptors (Lipinski definition) is 6. The van der Waals surface area contributed by atoms with E-state index in [9.17, 15) is 21.6 Å². The molecule has 2 aromatic carbocycles. The van der Waals surface area contributed by atoms with Gasteiger partial charge in [0.05, 0.1) is 22.9 Å². The number of amides is 1. The van der Waals surface area contributed by atoms with Gasteiger partial charge in [-0.25, -0.2) is 16.8 Å². The Labute approximate surface area is 192 Å². The van der Waals surface area contributed by atoms with E-state index in [2.05, 4.69) is 5.32 Å². The van der Waals surface area contributed by atoms with Gasteiger partial charge in [0.2, 0.25) is 26.0 Å². The summed E-state index contributed by atoms with van der Waals surface area (Å²) < 4.78 is 60.1. The number of carbonyl (C=O) groups is 1. The summed E-state index contributed by atoms with van der Waals surface area (Å²) in [5.41, 5.74) is 1.07. The first-order valence-electron chi connectivity index (χ1n) is 9.98. The number of piperazine rings is 1. The van der Waals surface area contributed by atoms with E-state index in [1.807, 2.05) is 6.92 Å². The zero-order valence-corrected chi connectivity index (χ0v) is 19.6. The smallest absolute Gasteiger partial charge is 0.244 e. The highest BCUT2D eigenvalue weighted by atomic mass is 35.5. The lowest BCUT2D eigenvalue weighted by atomic mass is 10.2. The molecule has 2 heterocycles. The summed E-state index contributed by atoms with van der Waals surface area (Å²) >= 11 is 6.20. The van der Waals surface area contributed by atoms with Crippen molar-refractivity contribution in [3.05, 3.63) is 47.0 Å². The Morgan fingerprint density at radius 2 is 1.56 bits per heavy atom. The van der Waals surface area contributed by atoms with Gasteiger partial charge in [0.25, 0.3) is 0 Å². The molecule has 1 N–H and O–H groups in total. The van der Waals surface area contributed by atoms with E-state index in [0.717, 1.165) is 0 Å². The average Bonchev–Trinajstić information content (AvgIpc) is 3.12. The summed E-state index contributed by atoms with van der Waals surface area (Å²) in [4.78, 5) is 11.6. The van der Waals surface area contributed by atoms with Crippen molar-refractivity contribution in [2.75, 3.05) is 38.1 Å². The van der Waals surface area contributed by atoms with Crippen LogP contribution in [-0.2, 0) is 31.3 Å². The Hall–Kier alpha value is -2.18. The first-order chi connectivity index (χ1) is 15.1. The zero-order valence-electron chi connectivity index (χ0n) is 17.2. The third-order valence-corrected chi connectivity index (χ3v) is 9.65. The molecule has 1 fully saturated rings. The molecule has 172 valence electrons. The van der Waals surface area contributed by atoms with E-state index in [0.29, 0.717) is 23.6 Å². The van der Waals surface area contributed by atoms with Gasteiger partial charge in [0.15, 0.2) is 0 Å². The van der Waals surface area contributed by atoms with Crippen molar-refractivity contribution in [3.8, 4) is 5.75 Å². The number of hydrogen-bond donors (Lipinski definition) is 1. The number of anilines is 1. The van der Waals surface area contributed by atoms with Gasteiger partial charge in [-0.05, 0) is 48.9 Å². The van der Waals surface area contributed by atoms with Crippen LogP contribution in [0.25, 0.3) is 0 Å². The van der Waals surface area contributed by atoms with Crippen LogP contribution in [0.15, 0.2) is 46.2 Å². The van der Waals surface area contributed by atoms with Crippen molar-refractivity contribution in [2.24, 2.45) is 0 Å². The number of fused-ring (bicyclic) bond motifs is 1. The summed E-state index contributed by atoms with van der Waals surface area (Å²) in [6, 6.07) is 8.97. The van der Waals surface area contributed by atoms with E-state index in [1.54, 1.807) is 12.1 Å². The highest BCUT2D eigenvalue weighted by Crippen LogP contribution is 2.34. The number of benzene rings is 2. The van der Waals surface area contributed by atoms with Crippen molar-refractivity contribution in [3.63, 3.8) is 0 Å². The minimum atomic E-state index is -3.95. The molecule has 0 saturated carbocycles. The number of halogens is 1. The van der Waals surface area contributed by atoms with Crippen LogP contribution in [0.1, 0.15) is 12.5 Å². The minimum Gasteiger partial charge on any atom is -0.494 e. The normalized spacial score (nSPS) is 17.8. The predicted molar refractivity (Wildman–Crippen MR) is 119 cm³/mol. The summed E-state index contributed by atoms with van der Waals surface area (Å²) in [5.74, 6) is 0.351. The third-order valence-electron chi connectivity index (χ3n) is 5.37. The molecule has 0 aromatic heterocycles. The van der Waals surface area contributed by atoms with Gasteiger partial charge in [-0.3, -0.25) is 4.79 Å². The molecule has 9 nitrogen and oxygen atoms in total. The Morgan fingerprint density at radius 1 is 0.969 bits per heavy atom. The largest absolute Gasteiger partial charge is 0.494 e. The number of nitrogens with zero attached hydrogens (tertiary/aromatic N) is 2. The maximum Gasteiger partial charge on any atom is 0.244 e. The van der Waals surface area contributed by atoms with Crippen LogP contribution < -0.4 is 10.1 Å². The number of carbonyl (C=O) groups excluding carboxylic acids is 1. The number of nitrogens with one attached hydrogen (secondary N) is 1. The topological polar surface area (TPSA) is 113 Å². The molecule has 1 amide bonds. The molecule has 4 rings (SSSR count). The van der Waals surface area contributed by atoms with E-state index in [-0.39, 0.29) is 53.3 Å². The fourth-order valence-corrected chi connectivity index (χ4v) is 7.13. The summed E-state index contributed by atoms with van der Waals surface area (Å²) in [6.45, 7) is 2.31. The Bertz CT molecular complexity index is 1250. The van der Waals surface area contributed by atoms with Gasteiger partial charge in [0.1, 0.15) is 10.6 Å². The van der Waals surface area contributed by atoms with Gasteiger partial charge >= 0.3 is 0 Å². The van der Waals surface area contributed by atoms with Gasteiger partial charge in [-0.15, -0.1) is 0 Å². The van der Waals surface area contributed by atoms with Crippen LogP contribution in [0, 0.1) is 0 Å². The van der Waals surface area contributed by atoms with E-state index in [4.69, 9.17) is 16.3 Å². The third kappa shape index (κ3) is 4.23. The van der Waals surface area contributed by atoms with Crippen LogP contribution in [0.2, 0.25) is 5.02 Å². The van der Waals surface area contributed by atoms with E-state index in [1.165, 1.54) is 32.9 Å². The fraction of sp³-hybridized carbons (Fsp3) is 0.350. The van der Waals surface area contributed by atoms with Gasteiger partial charge in [0, 0.05) is 31.9 Å². The van der Waals surface area contributed by atoms with Crippen LogP contribution in [-0.4, -0.2) is 64.1 Å². The second kappa shape index (κ2) is 8.64. The van der Waals surface area contributed by atoms with Crippen LogP contribution >= 0.6 is 11.6 Å². The first kappa shape index (κ1) is 23.0. The van der Waals surface area contributed by atoms with Crippen LogP contribution in [0.3, 0.4) is 0 Å². The molecule has 12 heteroatoms. The molecule has 0 atom stereocenters. The minimum absolute atomic E-state index is 0.00962. The molecule has 0 unspecified atom stereocenters. The van der Waals surface area contributed by atoms with Crippen molar-refractivity contribution in [1.29, 1.82) is 0 Å². The molecule has 0 spiro atoms. The highest BCUT2D eigenvalue weighted by molar-refractivity contribution is 7.89. The van der Waals surface area contributed by atoms with Gasteiger partial charge in [-0.2, -0.15) is 8.61 Å². The summed E-state index contributed by atoms with van der Waals surface area (Å²) in [5, 5.41) is 2.64. The number of ether oxygens (including phenoxy) is 1. The molecule has 2 aliphatic rings. The van der Waals surface area contributed by atoms with Crippen LogP contribution in [0.4, 0.5) is 5.69 Å². The van der Waals surface area contributed by atoms with E-state index < -0.39 is 20.0 Å². The summed E-state index contributed by atoms with van der Waals surface area (Å²) in [6.07, 6.45) is 0.0864. The molecule has 2 aliphatic heterocycles. The standard InChI is InChI=1S/C20H22ClN3O6S2/c1-2-30-15-3-5-16(6-4-15)31(26,27)23-7-9-24(10-8-23)32(28,29)19-11-14-12-20(25)22-18(14)13-17(19)21/h3-6,11,13H,2,7-10,12H2,1H3,(H,22,25). The van der Waals surface area contributed by atoms with E-state index >= 15 is 0 Å². The lowest BCUT2D eigenvalue weighted by Crippen LogP contribution is -2.50. The maximum absolute atomic E-state index is 13.2. The molecule has 32 heavy (non-hydrogen) atoms. The van der Waals surface area contributed by atoms with Gasteiger partial charge in [-0.1, -0.05) is 11.6 Å². The fourth-order valence-electron chi connectivity index (χ4n) is 3.74. The monoisotopic (exact) mass is 499 g/mol. The SMILES string of the molecule is CCOc1ccc(S(=O)(=O)N2CCN(S(=O)(=O)c3cc4c(cc3Cl)NC(=O)C4)CC2)cc1. The van der Waals surface area contributed by atoms with Crippen molar-refractivity contribution < 1.29 is 26.4 Å². The first-order valence-corrected chi connectivity index (χ1v) is 13.2. The molecule has 0 aliphatic carbocycles. The molecular weight excluding hydrogens is 478 g/mol.